The maximum Gasteiger partial charge on any atom is 0.276 e. The molecular weight excluding hydrogens is 398 g/mol. The average Bonchev–Trinajstić information content (AvgIpc) is 3.21. The number of ether oxygens (including phenoxy) is 2. The second-order valence-corrected chi connectivity index (χ2v) is 7.89. The SMILES string of the molecule is CCOc1ccc(C(=O)N2CCC(c3nc(C(=O)N4CCOCC4)c(C)o3)CC2)cc1. The van der Waals surface area contributed by atoms with Crippen molar-refractivity contribution in [3.05, 3.63) is 47.2 Å². The zero-order valence-corrected chi connectivity index (χ0v) is 18.1. The summed E-state index contributed by atoms with van der Waals surface area (Å²) in [6.45, 7) is 7.83. The van der Waals surface area contributed by atoms with E-state index in [1.165, 1.54) is 0 Å². The number of rotatable bonds is 5. The fraction of sp³-hybridized carbons (Fsp3) is 0.522. The van der Waals surface area contributed by atoms with Gasteiger partial charge in [0, 0.05) is 37.7 Å². The van der Waals surface area contributed by atoms with Gasteiger partial charge in [0.05, 0.1) is 19.8 Å². The molecule has 3 heterocycles. The molecule has 31 heavy (non-hydrogen) atoms. The standard InChI is InChI=1S/C23H29N3O5/c1-3-30-19-6-4-18(5-7-19)22(27)25-10-8-17(9-11-25)21-24-20(16(2)31-21)23(28)26-12-14-29-15-13-26/h4-7,17H,3,8-15H2,1-2H3. The van der Waals surface area contributed by atoms with Crippen LogP contribution in [0.4, 0.5) is 0 Å². The zero-order valence-electron chi connectivity index (χ0n) is 18.1. The first-order valence-corrected chi connectivity index (χ1v) is 10.9. The van der Waals surface area contributed by atoms with Crippen LogP contribution in [0.15, 0.2) is 28.7 Å². The van der Waals surface area contributed by atoms with Crippen molar-refractivity contribution < 1.29 is 23.5 Å². The number of likely N-dealkylation sites (tertiary alicyclic amines) is 1. The Labute approximate surface area is 182 Å². The summed E-state index contributed by atoms with van der Waals surface area (Å²) in [7, 11) is 0. The summed E-state index contributed by atoms with van der Waals surface area (Å²) in [6, 6.07) is 7.26. The smallest absolute Gasteiger partial charge is 0.276 e. The van der Waals surface area contributed by atoms with Crippen molar-refractivity contribution in [2.75, 3.05) is 46.0 Å². The molecule has 8 nitrogen and oxygen atoms in total. The summed E-state index contributed by atoms with van der Waals surface area (Å²) in [6.07, 6.45) is 1.52. The number of carbonyl (C=O) groups excluding carboxylic acids is 2. The molecular formula is C23H29N3O5. The van der Waals surface area contributed by atoms with Gasteiger partial charge >= 0.3 is 0 Å². The summed E-state index contributed by atoms with van der Waals surface area (Å²) in [5, 5.41) is 0. The molecule has 2 aromatic rings. The molecule has 2 aliphatic heterocycles. The zero-order chi connectivity index (χ0) is 21.8. The Bertz CT molecular complexity index is 910. The number of amides is 2. The fourth-order valence-corrected chi connectivity index (χ4v) is 4.08. The molecule has 8 heteroatoms. The topological polar surface area (TPSA) is 85.1 Å². The van der Waals surface area contributed by atoms with E-state index >= 15 is 0 Å². The van der Waals surface area contributed by atoms with Gasteiger partial charge in [0.1, 0.15) is 11.5 Å². The largest absolute Gasteiger partial charge is 0.494 e. The maximum atomic E-state index is 12.8. The van der Waals surface area contributed by atoms with E-state index in [4.69, 9.17) is 13.9 Å². The van der Waals surface area contributed by atoms with E-state index in [-0.39, 0.29) is 17.7 Å². The van der Waals surface area contributed by atoms with Crippen molar-refractivity contribution in [1.82, 2.24) is 14.8 Å². The van der Waals surface area contributed by atoms with Crippen LogP contribution in [-0.4, -0.2) is 72.6 Å². The first-order valence-electron chi connectivity index (χ1n) is 10.9. The highest BCUT2D eigenvalue weighted by Gasteiger charge is 2.30. The number of nitrogens with zero attached hydrogens (tertiary/aromatic N) is 3. The summed E-state index contributed by atoms with van der Waals surface area (Å²) in [5.41, 5.74) is 1.05. The molecule has 1 aromatic carbocycles. The lowest BCUT2D eigenvalue weighted by atomic mass is 9.96. The molecule has 0 saturated carbocycles. The van der Waals surface area contributed by atoms with Crippen molar-refractivity contribution in [2.45, 2.75) is 32.6 Å². The molecule has 2 aliphatic rings. The van der Waals surface area contributed by atoms with Gasteiger partial charge in [-0.1, -0.05) is 0 Å². The van der Waals surface area contributed by atoms with Crippen molar-refractivity contribution in [1.29, 1.82) is 0 Å². The van der Waals surface area contributed by atoms with Gasteiger partial charge in [0.15, 0.2) is 11.6 Å². The minimum atomic E-state index is -0.0982. The van der Waals surface area contributed by atoms with Gasteiger partial charge in [0.2, 0.25) is 0 Å². The van der Waals surface area contributed by atoms with Crippen LogP contribution in [0.3, 0.4) is 0 Å². The van der Waals surface area contributed by atoms with Crippen LogP contribution < -0.4 is 4.74 Å². The van der Waals surface area contributed by atoms with Gasteiger partial charge in [-0.05, 0) is 51.0 Å². The summed E-state index contributed by atoms with van der Waals surface area (Å²) >= 11 is 0. The molecule has 0 N–H and O–H groups in total. The Hall–Kier alpha value is -2.87. The quantitative estimate of drug-likeness (QED) is 0.730. The van der Waals surface area contributed by atoms with Crippen LogP contribution in [-0.2, 0) is 4.74 Å². The third-order valence-corrected chi connectivity index (χ3v) is 5.86. The summed E-state index contributed by atoms with van der Waals surface area (Å²) in [4.78, 5) is 33.8. The van der Waals surface area contributed by atoms with Gasteiger partial charge in [0.25, 0.3) is 11.8 Å². The molecule has 4 rings (SSSR count). The minimum Gasteiger partial charge on any atom is -0.494 e. The van der Waals surface area contributed by atoms with Crippen molar-refractivity contribution in [3.8, 4) is 5.75 Å². The van der Waals surface area contributed by atoms with Crippen LogP contribution in [0.2, 0.25) is 0 Å². The molecule has 1 aromatic heterocycles. The number of aryl methyl sites for hydroxylation is 1. The Morgan fingerprint density at radius 3 is 2.32 bits per heavy atom. The predicted molar refractivity (Wildman–Crippen MR) is 113 cm³/mol. The molecule has 0 atom stereocenters. The number of piperidine rings is 1. The van der Waals surface area contributed by atoms with E-state index in [0.29, 0.717) is 68.9 Å². The second-order valence-electron chi connectivity index (χ2n) is 7.89. The monoisotopic (exact) mass is 427 g/mol. The van der Waals surface area contributed by atoms with E-state index in [2.05, 4.69) is 4.98 Å². The Morgan fingerprint density at radius 2 is 1.68 bits per heavy atom. The lowest BCUT2D eigenvalue weighted by molar-refractivity contribution is 0.0298. The Morgan fingerprint density at radius 1 is 1.03 bits per heavy atom. The summed E-state index contributed by atoms with van der Waals surface area (Å²) in [5.74, 6) is 1.95. The number of carbonyl (C=O) groups is 2. The van der Waals surface area contributed by atoms with Gasteiger partial charge in [-0.25, -0.2) is 4.98 Å². The van der Waals surface area contributed by atoms with Gasteiger partial charge in [-0.3, -0.25) is 9.59 Å². The van der Waals surface area contributed by atoms with Gasteiger partial charge in [-0.2, -0.15) is 0 Å². The molecule has 0 bridgehead atoms. The van der Waals surface area contributed by atoms with Crippen LogP contribution in [0, 0.1) is 6.92 Å². The van der Waals surface area contributed by atoms with Crippen LogP contribution in [0.5, 0.6) is 5.75 Å². The van der Waals surface area contributed by atoms with Crippen molar-refractivity contribution in [2.24, 2.45) is 0 Å². The maximum absolute atomic E-state index is 12.8. The molecule has 0 aliphatic carbocycles. The summed E-state index contributed by atoms with van der Waals surface area (Å²) < 4.78 is 16.6. The van der Waals surface area contributed by atoms with Crippen LogP contribution in [0.1, 0.15) is 58.2 Å². The van der Waals surface area contributed by atoms with E-state index in [0.717, 1.165) is 18.6 Å². The molecule has 2 amide bonds. The highest BCUT2D eigenvalue weighted by molar-refractivity contribution is 5.94. The lowest BCUT2D eigenvalue weighted by Gasteiger charge is -2.30. The van der Waals surface area contributed by atoms with Crippen molar-refractivity contribution in [3.63, 3.8) is 0 Å². The van der Waals surface area contributed by atoms with Crippen LogP contribution in [0.25, 0.3) is 0 Å². The van der Waals surface area contributed by atoms with Crippen LogP contribution >= 0.6 is 0 Å². The highest BCUT2D eigenvalue weighted by Crippen LogP contribution is 2.30. The first-order chi connectivity index (χ1) is 15.1. The number of aromatic nitrogens is 1. The minimum absolute atomic E-state index is 0.0215. The predicted octanol–water partition coefficient (Wildman–Crippen LogP) is 2.87. The van der Waals surface area contributed by atoms with E-state index in [1.54, 1.807) is 24.0 Å². The molecule has 2 fully saturated rings. The normalized spacial score (nSPS) is 17.6. The number of morpholine rings is 1. The first kappa shape index (κ1) is 21.4. The van der Waals surface area contributed by atoms with Gasteiger partial charge < -0.3 is 23.7 Å². The van der Waals surface area contributed by atoms with E-state index in [1.807, 2.05) is 24.0 Å². The molecule has 0 radical (unpaired) electrons. The van der Waals surface area contributed by atoms with E-state index in [9.17, 15) is 9.59 Å². The molecule has 166 valence electrons. The molecule has 0 unspecified atom stereocenters. The Balaban J connectivity index is 1.36. The molecule has 2 saturated heterocycles. The fourth-order valence-electron chi connectivity index (χ4n) is 4.08. The lowest BCUT2D eigenvalue weighted by Crippen LogP contribution is -2.41. The van der Waals surface area contributed by atoms with Crippen molar-refractivity contribution >= 4 is 11.8 Å². The third-order valence-electron chi connectivity index (χ3n) is 5.86. The van der Waals surface area contributed by atoms with Gasteiger partial charge in [-0.15, -0.1) is 0 Å². The third kappa shape index (κ3) is 4.74. The second kappa shape index (κ2) is 9.51. The number of oxazole rings is 1. The number of hydrogen-bond donors (Lipinski definition) is 0. The number of benzene rings is 1. The average molecular weight is 428 g/mol. The highest BCUT2D eigenvalue weighted by atomic mass is 16.5. The number of hydrogen-bond acceptors (Lipinski definition) is 6. The molecule has 0 spiro atoms. The Kier molecular flexibility index (Phi) is 6.56. The van der Waals surface area contributed by atoms with E-state index < -0.39 is 0 Å².